The molecule has 1 aromatic carbocycles. The maximum absolute atomic E-state index is 10.4. The van der Waals surface area contributed by atoms with Crippen molar-refractivity contribution >= 4 is 29.9 Å². The van der Waals surface area contributed by atoms with E-state index in [4.69, 9.17) is 9.47 Å². The summed E-state index contributed by atoms with van der Waals surface area (Å²) in [5, 5.41) is 16.9. The number of aliphatic hydroxyl groups excluding tert-OH is 1. The van der Waals surface area contributed by atoms with Crippen LogP contribution in [0, 0.1) is 5.92 Å². The van der Waals surface area contributed by atoms with Crippen molar-refractivity contribution in [3.8, 4) is 11.5 Å². The number of hydrogen-bond donors (Lipinski definition) is 3. The Morgan fingerprint density at radius 1 is 1.21 bits per heavy atom. The number of methoxy groups -OCH3 is 2. The number of nitrogens with one attached hydrogen (secondary N) is 2. The van der Waals surface area contributed by atoms with E-state index in [0.29, 0.717) is 11.5 Å². The Bertz CT molecular complexity index is 514. The monoisotopic (exact) mass is 449 g/mol. The lowest BCUT2D eigenvalue weighted by Crippen LogP contribution is -2.38. The largest absolute Gasteiger partial charge is 0.497 e. The minimum Gasteiger partial charge on any atom is -0.497 e. The van der Waals surface area contributed by atoms with Gasteiger partial charge in [-0.25, -0.2) is 0 Å². The third-order valence-electron chi connectivity index (χ3n) is 3.78. The molecule has 1 fully saturated rings. The zero-order chi connectivity index (χ0) is 16.7. The molecule has 0 saturated heterocycles. The molecule has 0 amide bonds. The van der Waals surface area contributed by atoms with Crippen molar-refractivity contribution in [2.45, 2.75) is 25.9 Å². The molecule has 1 saturated carbocycles. The van der Waals surface area contributed by atoms with Crippen LogP contribution in [0.4, 0.5) is 0 Å². The van der Waals surface area contributed by atoms with Crippen molar-refractivity contribution in [1.82, 2.24) is 10.6 Å². The van der Waals surface area contributed by atoms with Crippen LogP contribution in [0.1, 0.15) is 31.4 Å². The van der Waals surface area contributed by atoms with Crippen LogP contribution < -0.4 is 20.1 Å². The number of aliphatic hydroxyl groups is 1. The van der Waals surface area contributed by atoms with E-state index in [9.17, 15) is 5.11 Å². The van der Waals surface area contributed by atoms with Crippen molar-refractivity contribution in [1.29, 1.82) is 0 Å². The average Bonchev–Trinajstić information content (AvgIpc) is 3.40. The van der Waals surface area contributed by atoms with Gasteiger partial charge in [0.25, 0.3) is 0 Å². The highest BCUT2D eigenvalue weighted by Gasteiger charge is 2.21. The smallest absolute Gasteiger partial charge is 0.191 e. The molecule has 0 aromatic heterocycles. The first kappa shape index (κ1) is 20.8. The number of ether oxygens (including phenoxy) is 2. The second kappa shape index (κ2) is 10.6. The SMILES string of the molecule is CCNC(=NCC(O)c1cc(OC)cc(OC)c1)NCC1CC1.I. The van der Waals surface area contributed by atoms with Crippen molar-refractivity contribution in [3.63, 3.8) is 0 Å². The van der Waals surface area contributed by atoms with E-state index in [0.717, 1.165) is 30.5 Å². The number of aliphatic imine (C=N–C) groups is 1. The van der Waals surface area contributed by atoms with E-state index in [1.807, 2.05) is 6.92 Å². The molecule has 7 heteroatoms. The molecule has 0 radical (unpaired) electrons. The number of hydrogen-bond acceptors (Lipinski definition) is 4. The summed E-state index contributed by atoms with van der Waals surface area (Å²) in [7, 11) is 3.18. The summed E-state index contributed by atoms with van der Waals surface area (Å²) < 4.78 is 10.5. The van der Waals surface area contributed by atoms with Crippen LogP contribution in [0.25, 0.3) is 0 Å². The second-order valence-electron chi connectivity index (χ2n) is 5.71. The summed E-state index contributed by atoms with van der Waals surface area (Å²) in [5.74, 6) is 2.82. The number of rotatable bonds is 8. The average molecular weight is 449 g/mol. The van der Waals surface area contributed by atoms with Crippen LogP contribution in [0.15, 0.2) is 23.2 Å². The molecule has 136 valence electrons. The lowest BCUT2D eigenvalue weighted by Gasteiger charge is -2.14. The molecule has 0 spiro atoms. The van der Waals surface area contributed by atoms with Gasteiger partial charge in [-0.05, 0) is 43.4 Å². The number of nitrogens with zero attached hydrogens (tertiary/aromatic N) is 1. The molecule has 0 bridgehead atoms. The van der Waals surface area contributed by atoms with Gasteiger partial charge < -0.3 is 25.2 Å². The molecule has 1 atom stereocenters. The van der Waals surface area contributed by atoms with Crippen LogP contribution >= 0.6 is 24.0 Å². The third-order valence-corrected chi connectivity index (χ3v) is 3.78. The quantitative estimate of drug-likeness (QED) is 0.323. The van der Waals surface area contributed by atoms with E-state index >= 15 is 0 Å². The van der Waals surface area contributed by atoms with E-state index < -0.39 is 6.10 Å². The Morgan fingerprint density at radius 2 is 1.83 bits per heavy atom. The lowest BCUT2D eigenvalue weighted by atomic mass is 10.1. The lowest BCUT2D eigenvalue weighted by molar-refractivity contribution is 0.186. The summed E-state index contributed by atoms with van der Waals surface area (Å²) in [6.45, 7) is 4.03. The van der Waals surface area contributed by atoms with E-state index in [1.54, 1.807) is 32.4 Å². The topological polar surface area (TPSA) is 75.1 Å². The molecule has 1 aromatic rings. The van der Waals surface area contributed by atoms with Gasteiger partial charge in [0.2, 0.25) is 0 Å². The summed E-state index contributed by atoms with van der Waals surface area (Å²) in [5.41, 5.74) is 0.725. The Labute approximate surface area is 161 Å². The molecular formula is C17H28IN3O3. The Balaban J connectivity index is 0.00000288. The molecule has 1 aliphatic carbocycles. The van der Waals surface area contributed by atoms with Crippen molar-refractivity contribution in [3.05, 3.63) is 23.8 Å². The molecule has 2 rings (SSSR count). The first-order valence-electron chi connectivity index (χ1n) is 8.09. The predicted molar refractivity (Wildman–Crippen MR) is 107 cm³/mol. The summed E-state index contributed by atoms with van der Waals surface area (Å²) in [6, 6.07) is 5.38. The summed E-state index contributed by atoms with van der Waals surface area (Å²) in [4.78, 5) is 4.46. The molecular weight excluding hydrogens is 421 g/mol. The molecule has 0 aliphatic heterocycles. The molecule has 6 nitrogen and oxygen atoms in total. The minimum atomic E-state index is -0.713. The van der Waals surface area contributed by atoms with Gasteiger partial charge in [-0.15, -0.1) is 24.0 Å². The zero-order valence-corrected chi connectivity index (χ0v) is 16.9. The molecule has 3 N–H and O–H groups in total. The fraction of sp³-hybridized carbons (Fsp3) is 0.588. The summed E-state index contributed by atoms with van der Waals surface area (Å²) in [6.07, 6.45) is 1.87. The van der Waals surface area contributed by atoms with Gasteiger partial charge in [0.05, 0.1) is 26.9 Å². The maximum Gasteiger partial charge on any atom is 0.191 e. The van der Waals surface area contributed by atoms with Crippen LogP contribution in [0.3, 0.4) is 0 Å². The maximum atomic E-state index is 10.4. The van der Waals surface area contributed by atoms with Gasteiger partial charge in [0, 0.05) is 19.2 Å². The van der Waals surface area contributed by atoms with Crippen molar-refractivity contribution < 1.29 is 14.6 Å². The third kappa shape index (κ3) is 6.72. The van der Waals surface area contributed by atoms with Crippen LogP contribution in [0.2, 0.25) is 0 Å². The van der Waals surface area contributed by atoms with Crippen LogP contribution in [-0.4, -0.2) is 44.9 Å². The van der Waals surface area contributed by atoms with Crippen molar-refractivity contribution in [2.75, 3.05) is 33.9 Å². The Morgan fingerprint density at radius 3 is 2.33 bits per heavy atom. The molecule has 1 unspecified atom stereocenters. The van der Waals surface area contributed by atoms with Crippen LogP contribution in [-0.2, 0) is 0 Å². The minimum absolute atomic E-state index is 0. The second-order valence-corrected chi connectivity index (χ2v) is 5.71. The van der Waals surface area contributed by atoms with Gasteiger partial charge in [0.15, 0.2) is 5.96 Å². The Kier molecular flexibility index (Phi) is 9.20. The standard InChI is InChI=1S/C17H27N3O3.HI/c1-4-18-17(19-10-12-5-6-12)20-11-16(21)13-7-14(22-2)9-15(8-13)23-3;/h7-9,12,16,21H,4-6,10-11H2,1-3H3,(H2,18,19,20);1H. The van der Waals surface area contributed by atoms with Gasteiger partial charge in [0.1, 0.15) is 11.5 Å². The predicted octanol–water partition coefficient (Wildman–Crippen LogP) is 2.32. The van der Waals surface area contributed by atoms with E-state index in [2.05, 4.69) is 15.6 Å². The zero-order valence-electron chi connectivity index (χ0n) is 14.5. The fourth-order valence-electron chi connectivity index (χ4n) is 2.21. The highest BCUT2D eigenvalue weighted by molar-refractivity contribution is 14.0. The molecule has 1 aliphatic rings. The Hall–Kier alpha value is -1.22. The fourth-order valence-corrected chi connectivity index (χ4v) is 2.21. The molecule has 0 heterocycles. The molecule has 24 heavy (non-hydrogen) atoms. The highest BCUT2D eigenvalue weighted by Crippen LogP contribution is 2.28. The van der Waals surface area contributed by atoms with Crippen LogP contribution in [0.5, 0.6) is 11.5 Å². The van der Waals surface area contributed by atoms with Gasteiger partial charge in [-0.1, -0.05) is 0 Å². The number of benzene rings is 1. The summed E-state index contributed by atoms with van der Waals surface area (Å²) >= 11 is 0. The highest BCUT2D eigenvalue weighted by atomic mass is 127. The van der Waals surface area contributed by atoms with E-state index in [-0.39, 0.29) is 30.5 Å². The number of guanidine groups is 1. The van der Waals surface area contributed by atoms with Gasteiger partial charge >= 0.3 is 0 Å². The number of halogens is 1. The van der Waals surface area contributed by atoms with Crippen molar-refractivity contribution in [2.24, 2.45) is 10.9 Å². The van der Waals surface area contributed by atoms with E-state index in [1.165, 1.54) is 12.8 Å². The first-order valence-corrected chi connectivity index (χ1v) is 8.09. The van der Waals surface area contributed by atoms with Gasteiger partial charge in [-0.2, -0.15) is 0 Å². The van der Waals surface area contributed by atoms with Gasteiger partial charge in [-0.3, -0.25) is 4.99 Å². The normalized spacial score (nSPS) is 15.2. The first-order chi connectivity index (χ1) is 11.2.